The lowest BCUT2D eigenvalue weighted by Gasteiger charge is -2.37. The number of ether oxygens (including phenoxy) is 1. The Balaban J connectivity index is 0.00000261. The van der Waals surface area contributed by atoms with Gasteiger partial charge in [-0.1, -0.05) is 29.8 Å². The van der Waals surface area contributed by atoms with E-state index in [2.05, 4.69) is 31.2 Å². The number of guanidine groups is 1. The minimum absolute atomic E-state index is 0. The number of hydrogen-bond acceptors (Lipinski definition) is 4. The lowest BCUT2D eigenvalue weighted by atomic mass is 10.3. The highest BCUT2D eigenvalue weighted by atomic mass is 127. The molecule has 1 saturated heterocycles. The van der Waals surface area contributed by atoms with E-state index in [9.17, 15) is 0 Å². The first-order chi connectivity index (χ1) is 12.8. The van der Waals surface area contributed by atoms with Crippen LogP contribution in [0.15, 0.2) is 53.7 Å². The molecular formula is C19H25ClIN5O. The molecule has 6 nitrogen and oxygen atoms in total. The summed E-state index contributed by atoms with van der Waals surface area (Å²) < 4.78 is 5.71. The lowest BCUT2D eigenvalue weighted by Crippen LogP contribution is -2.53. The fourth-order valence-corrected chi connectivity index (χ4v) is 3.10. The summed E-state index contributed by atoms with van der Waals surface area (Å²) in [7, 11) is 1.81. The summed E-state index contributed by atoms with van der Waals surface area (Å²) in [4.78, 5) is 13.4. The Kier molecular flexibility index (Phi) is 8.93. The molecule has 0 radical (unpaired) electrons. The van der Waals surface area contributed by atoms with Crippen LogP contribution in [0, 0.1) is 0 Å². The molecule has 0 aliphatic carbocycles. The highest BCUT2D eigenvalue weighted by Gasteiger charge is 2.20. The number of benzene rings is 1. The average Bonchev–Trinajstić information content (AvgIpc) is 2.70. The van der Waals surface area contributed by atoms with Gasteiger partial charge in [-0.3, -0.25) is 4.99 Å². The molecule has 146 valence electrons. The van der Waals surface area contributed by atoms with Gasteiger partial charge >= 0.3 is 0 Å². The maximum absolute atomic E-state index is 6.09. The number of hydrogen-bond donors (Lipinski definition) is 1. The number of para-hydroxylation sites is 1. The van der Waals surface area contributed by atoms with Gasteiger partial charge in [0.1, 0.15) is 18.2 Å². The van der Waals surface area contributed by atoms with Crippen LogP contribution in [0.25, 0.3) is 0 Å². The third-order valence-electron chi connectivity index (χ3n) is 4.24. The second-order valence-corrected chi connectivity index (χ2v) is 6.32. The normalized spacial score (nSPS) is 14.5. The van der Waals surface area contributed by atoms with Crippen LogP contribution >= 0.6 is 35.6 Å². The van der Waals surface area contributed by atoms with Crippen LogP contribution in [-0.4, -0.2) is 62.2 Å². The summed E-state index contributed by atoms with van der Waals surface area (Å²) >= 11 is 6.09. The molecule has 2 heterocycles. The predicted molar refractivity (Wildman–Crippen MR) is 122 cm³/mol. The average molecular weight is 502 g/mol. The van der Waals surface area contributed by atoms with Gasteiger partial charge < -0.3 is 19.9 Å². The predicted octanol–water partition coefficient (Wildman–Crippen LogP) is 3.13. The van der Waals surface area contributed by atoms with Crippen LogP contribution in [0.5, 0.6) is 5.75 Å². The number of pyridine rings is 1. The number of halogens is 2. The summed E-state index contributed by atoms with van der Waals surface area (Å²) in [5, 5.41) is 3.98. The Morgan fingerprint density at radius 1 is 1.15 bits per heavy atom. The van der Waals surface area contributed by atoms with Gasteiger partial charge in [0.05, 0.1) is 11.6 Å². The zero-order valence-electron chi connectivity index (χ0n) is 15.3. The van der Waals surface area contributed by atoms with Gasteiger partial charge in [-0.05, 0) is 24.3 Å². The SMILES string of the molecule is CN=C(NCCOc1ccccc1Cl)N1CCN(c2ccccn2)CC1.I. The van der Waals surface area contributed by atoms with Crippen molar-refractivity contribution in [2.24, 2.45) is 4.99 Å². The van der Waals surface area contributed by atoms with Crippen molar-refractivity contribution in [1.29, 1.82) is 0 Å². The number of nitrogens with one attached hydrogen (secondary N) is 1. The number of piperazine rings is 1. The Bertz CT molecular complexity index is 723. The fourth-order valence-electron chi connectivity index (χ4n) is 2.91. The second kappa shape index (κ2) is 11.2. The first-order valence-corrected chi connectivity index (χ1v) is 9.14. The molecule has 0 unspecified atom stereocenters. The van der Waals surface area contributed by atoms with Crippen molar-refractivity contribution in [2.45, 2.75) is 0 Å². The molecule has 0 amide bonds. The van der Waals surface area contributed by atoms with Crippen molar-refractivity contribution in [3.8, 4) is 5.75 Å². The molecule has 1 aromatic carbocycles. The van der Waals surface area contributed by atoms with Crippen molar-refractivity contribution < 1.29 is 4.74 Å². The number of nitrogens with zero attached hydrogens (tertiary/aromatic N) is 4. The summed E-state index contributed by atoms with van der Waals surface area (Å²) in [5.74, 6) is 2.63. The first-order valence-electron chi connectivity index (χ1n) is 8.77. The summed E-state index contributed by atoms with van der Waals surface area (Å²) in [5.41, 5.74) is 0. The third kappa shape index (κ3) is 6.14. The molecule has 0 spiro atoms. The molecule has 0 bridgehead atoms. The summed E-state index contributed by atoms with van der Waals surface area (Å²) in [6.45, 7) is 4.85. The molecule has 0 saturated carbocycles. The molecule has 1 fully saturated rings. The highest BCUT2D eigenvalue weighted by Crippen LogP contribution is 2.22. The van der Waals surface area contributed by atoms with Gasteiger partial charge in [0, 0.05) is 39.4 Å². The lowest BCUT2D eigenvalue weighted by molar-refractivity contribution is 0.315. The van der Waals surface area contributed by atoms with E-state index < -0.39 is 0 Å². The van der Waals surface area contributed by atoms with Crippen LogP contribution in [0.3, 0.4) is 0 Å². The molecule has 1 aromatic heterocycles. The van der Waals surface area contributed by atoms with Gasteiger partial charge in [0.25, 0.3) is 0 Å². The van der Waals surface area contributed by atoms with Gasteiger partial charge in [-0.15, -0.1) is 24.0 Å². The Labute approximate surface area is 182 Å². The summed E-state index contributed by atoms with van der Waals surface area (Å²) in [6.07, 6.45) is 1.83. The molecular weight excluding hydrogens is 477 g/mol. The maximum Gasteiger partial charge on any atom is 0.193 e. The number of anilines is 1. The van der Waals surface area contributed by atoms with Crippen LogP contribution in [0.2, 0.25) is 5.02 Å². The van der Waals surface area contributed by atoms with Gasteiger partial charge in [-0.2, -0.15) is 0 Å². The Hall–Kier alpha value is -1.74. The molecule has 3 rings (SSSR count). The largest absolute Gasteiger partial charge is 0.490 e. The molecule has 0 atom stereocenters. The number of rotatable bonds is 5. The van der Waals surface area contributed by atoms with Gasteiger partial charge in [-0.25, -0.2) is 4.98 Å². The van der Waals surface area contributed by atoms with Crippen molar-refractivity contribution in [3.63, 3.8) is 0 Å². The van der Waals surface area contributed by atoms with Crippen molar-refractivity contribution in [3.05, 3.63) is 53.7 Å². The van der Waals surface area contributed by atoms with E-state index in [4.69, 9.17) is 16.3 Å². The minimum Gasteiger partial charge on any atom is -0.490 e. The van der Waals surface area contributed by atoms with E-state index in [0.717, 1.165) is 38.0 Å². The van der Waals surface area contributed by atoms with Crippen LogP contribution < -0.4 is 15.0 Å². The van der Waals surface area contributed by atoms with Crippen molar-refractivity contribution >= 4 is 47.4 Å². The zero-order valence-corrected chi connectivity index (χ0v) is 18.4. The summed E-state index contributed by atoms with van der Waals surface area (Å²) in [6, 6.07) is 13.5. The van der Waals surface area contributed by atoms with E-state index in [0.29, 0.717) is 23.9 Å². The van der Waals surface area contributed by atoms with Crippen molar-refractivity contribution in [2.75, 3.05) is 51.3 Å². The number of aromatic nitrogens is 1. The maximum atomic E-state index is 6.09. The topological polar surface area (TPSA) is 53.0 Å². The molecule has 8 heteroatoms. The Morgan fingerprint density at radius 3 is 2.56 bits per heavy atom. The van der Waals surface area contributed by atoms with E-state index >= 15 is 0 Å². The molecule has 2 aromatic rings. The van der Waals surface area contributed by atoms with Gasteiger partial charge in [0.15, 0.2) is 5.96 Å². The van der Waals surface area contributed by atoms with Crippen molar-refractivity contribution in [1.82, 2.24) is 15.2 Å². The molecule has 1 N–H and O–H groups in total. The minimum atomic E-state index is 0. The first kappa shape index (κ1) is 21.6. The molecule has 27 heavy (non-hydrogen) atoms. The highest BCUT2D eigenvalue weighted by molar-refractivity contribution is 14.0. The van der Waals surface area contributed by atoms with E-state index in [-0.39, 0.29) is 24.0 Å². The van der Waals surface area contributed by atoms with Crippen LogP contribution in [0.1, 0.15) is 0 Å². The van der Waals surface area contributed by atoms with E-state index in [1.165, 1.54) is 0 Å². The second-order valence-electron chi connectivity index (χ2n) is 5.91. The van der Waals surface area contributed by atoms with E-state index in [1.807, 2.05) is 49.6 Å². The number of aliphatic imine (C=N–C) groups is 1. The monoisotopic (exact) mass is 501 g/mol. The fraction of sp³-hybridized carbons (Fsp3) is 0.368. The standard InChI is InChI=1S/C19H24ClN5O.HI/c1-21-19(23-10-15-26-17-7-3-2-6-16(17)20)25-13-11-24(12-14-25)18-8-4-5-9-22-18;/h2-9H,10-15H2,1H3,(H,21,23);1H. The molecule has 1 aliphatic rings. The quantitative estimate of drug-likeness (QED) is 0.295. The van der Waals surface area contributed by atoms with Crippen LogP contribution in [-0.2, 0) is 0 Å². The van der Waals surface area contributed by atoms with Crippen LogP contribution in [0.4, 0.5) is 5.82 Å². The van der Waals surface area contributed by atoms with E-state index in [1.54, 1.807) is 0 Å². The van der Waals surface area contributed by atoms with Gasteiger partial charge in [0.2, 0.25) is 0 Å². The molecule has 1 aliphatic heterocycles. The third-order valence-corrected chi connectivity index (χ3v) is 4.56. The zero-order chi connectivity index (χ0) is 18.2. The smallest absolute Gasteiger partial charge is 0.193 e. The Morgan fingerprint density at radius 2 is 1.89 bits per heavy atom.